The molecule has 0 aliphatic heterocycles. The number of aromatic nitrogens is 1. The van der Waals surface area contributed by atoms with Crippen LogP contribution >= 0.6 is 11.3 Å². The summed E-state index contributed by atoms with van der Waals surface area (Å²) in [5.41, 5.74) is 14.3. The van der Waals surface area contributed by atoms with Gasteiger partial charge in [-0.1, -0.05) is 57.5 Å². The molecule has 1 heterocycles. The molecule has 2 rings (SSSR count). The van der Waals surface area contributed by atoms with Crippen molar-refractivity contribution in [1.29, 1.82) is 0 Å². The van der Waals surface area contributed by atoms with E-state index in [2.05, 4.69) is 60.7 Å². The van der Waals surface area contributed by atoms with E-state index in [0.717, 1.165) is 22.6 Å². The zero-order chi connectivity index (χ0) is 40.1. The number of rotatable bonds is 34. The summed E-state index contributed by atoms with van der Waals surface area (Å²) in [4.78, 5) is 31.2. The van der Waals surface area contributed by atoms with Crippen LogP contribution in [0.25, 0.3) is 0 Å². The van der Waals surface area contributed by atoms with Gasteiger partial charge in [-0.3, -0.25) is 9.59 Å². The molecule has 55 heavy (non-hydrogen) atoms. The fourth-order valence-corrected chi connectivity index (χ4v) is 6.12. The summed E-state index contributed by atoms with van der Waals surface area (Å²) < 4.78 is 38.9. The largest absolute Gasteiger partial charge is 0.378 e. The quantitative estimate of drug-likeness (QED) is 0.0752. The summed E-state index contributed by atoms with van der Waals surface area (Å²) in [6.07, 6.45) is 2.28. The Bertz CT molecular complexity index is 1270. The lowest BCUT2D eigenvalue weighted by molar-refractivity contribution is -0.125. The Kier molecular flexibility index (Phi) is 27.0. The van der Waals surface area contributed by atoms with Crippen LogP contribution in [0, 0.1) is 18.8 Å². The molecule has 1 aromatic carbocycles. The molecule has 0 saturated heterocycles. The van der Waals surface area contributed by atoms with Gasteiger partial charge in [0.05, 0.1) is 79.3 Å². The van der Waals surface area contributed by atoms with E-state index >= 15 is 0 Å². The Labute approximate surface area is 333 Å². The molecule has 2 amide bonds. The third-order valence-corrected chi connectivity index (χ3v) is 9.52. The molecule has 0 saturated carbocycles. The molecule has 4 unspecified atom stereocenters. The topological polar surface area (TPSA) is 188 Å². The first kappa shape index (κ1) is 48.6. The maximum absolute atomic E-state index is 13.5. The highest BCUT2D eigenvalue weighted by atomic mass is 32.1. The van der Waals surface area contributed by atoms with E-state index in [0.29, 0.717) is 130 Å². The minimum atomic E-state index is -0.347. The summed E-state index contributed by atoms with van der Waals surface area (Å²) in [6, 6.07) is 7.88. The van der Waals surface area contributed by atoms with Crippen molar-refractivity contribution in [2.75, 3.05) is 99.0 Å². The predicted octanol–water partition coefficient (Wildman–Crippen LogP) is 3.83. The van der Waals surface area contributed by atoms with Gasteiger partial charge in [-0.2, -0.15) is 0 Å². The number of nitrogens with one attached hydrogen (secondary N) is 2. The molecule has 6 N–H and O–H groups in total. The smallest absolute Gasteiger partial charge is 0.270 e. The number of hydrogen-bond donors (Lipinski definition) is 4. The minimum Gasteiger partial charge on any atom is -0.378 e. The number of amides is 2. The van der Waals surface area contributed by atoms with Gasteiger partial charge >= 0.3 is 0 Å². The third kappa shape index (κ3) is 22.7. The fraction of sp³-hybridized carbons (Fsp3) is 0.725. The molecule has 0 radical (unpaired) electrons. The molecule has 0 spiro atoms. The lowest BCUT2D eigenvalue weighted by Gasteiger charge is -2.23. The highest BCUT2D eigenvalue weighted by Gasteiger charge is 2.25. The average molecular weight is 796 g/mol. The lowest BCUT2D eigenvalue weighted by atomic mass is 9.95. The first-order chi connectivity index (χ1) is 26.6. The number of ether oxygens (including phenoxy) is 7. The fourth-order valence-electron chi connectivity index (χ4n) is 5.26. The Morgan fingerprint density at radius 3 is 1.85 bits per heavy atom. The van der Waals surface area contributed by atoms with Gasteiger partial charge in [0, 0.05) is 43.1 Å². The molecule has 2 aromatic rings. The molecule has 4 atom stereocenters. The maximum atomic E-state index is 13.5. The van der Waals surface area contributed by atoms with Crippen molar-refractivity contribution >= 4 is 23.2 Å². The zero-order valence-electron chi connectivity index (χ0n) is 33.9. The second-order valence-electron chi connectivity index (χ2n) is 13.8. The Morgan fingerprint density at radius 2 is 1.33 bits per heavy atom. The number of hydrogen-bond acceptors (Lipinski definition) is 13. The number of carbonyl (C=O) groups is 2. The Morgan fingerprint density at radius 1 is 0.782 bits per heavy atom. The summed E-state index contributed by atoms with van der Waals surface area (Å²) in [7, 11) is 0. The second-order valence-corrected chi connectivity index (χ2v) is 14.7. The van der Waals surface area contributed by atoms with Gasteiger partial charge in [-0.05, 0) is 44.1 Å². The summed E-state index contributed by atoms with van der Waals surface area (Å²) in [5.74, 6) is -0.420. The van der Waals surface area contributed by atoms with Crippen LogP contribution in [-0.2, 0) is 44.4 Å². The van der Waals surface area contributed by atoms with E-state index in [4.69, 9.17) is 44.6 Å². The molecule has 1 aromatic heterocycles. The van der Waals surface area contributed by atoms with Gasteiger partial charge in [-0.15, -0.1) is 11.3 Å². The van der Waals surface area contributed by atoms with Crippen LogP contribution in [-0.4, -0.2) is 128 Å². The van der Waals surface area contributed by atoms with E-state index in [1.165, 1.54) is 11.3 Å². The first-order valence-corrected chi connectivity index (χ1v) is 20.7. The zero-order valence-corrected chi connectivity index (χ0v) is 34.7. The van der Waals surface area contributed by atoms with Gasteiger partial charge in [0.25, 0.3) is 5.91 Å². The van der Waals surface area contributed by atoms with Gasteiger partial charge in [0.2, 0.25) is 5.91 Å². The molecule has 0 aliphatic rings. The minimum absolute atomic E-state index is 0.0426. The number of nitrogens with zero attached hydrogens (tertiary/aromatic N) is 1. The first-order valence-electron chi connectivity index (χ1n) is 19.8. The highest BCUT2D eigenvalue weighted by Crippen LogP contribution is 2.28. The Balaban J connectivity index is 1.70. The predicted molar refractivity (Wildman–Crippen MR) is 215 cm³/mol. The van der Waals surface area contributed by atoms with Crippen LogP contribution in [0.1, 0.15) is 79.7 Å². The molecule has 0 fully saturated rings. The van der Waals surface area contributed by atoms with Crippen LogP contribution in [0.2, 0.25) is 0 Å². The number of benzene rings is 1. The van der Waals surface area contributed by atoms with E-state index in [9.17, 15) is 9.59 Å². The molecule has 15 heteroatoms. The average Bonchev–Trinajstić information content (AvgIpc) is 3.67. The van der Waals surface area contributed by atoms with Gasteiger partial charge in [0.15, 0.2) is 0 Å². The van der Waals surface area contributed by atoms with Gasteiger partial charge < -0.3 is 55.3 Å². The SMILES string of the molecule is CCCOC(CC(N)C(C)C)c1nc(C(=O)NC(Cc2ccc(C)cc2)CC(C)C(=O)NCCOCCOCCOCCOCCOCCOCCN)cs1. The molecular formula is C40H69N5O9S. The van der Waals surface area contributed by atoms with Crippen molar-refractivity contribution in [2.45, 2.75) is 78.5 Å². The molecule has 314 valence electrons. The number of thiazole rings is 1. The van der Waals surface area contributed by atoms with Gasteiger partial charge in [0.1, 0.15) is 16.8 Å². The number of nitrogens with two attached hydrogens (primary N) is 2. The monoisotopic (exact) mass is 795 g/mol. The normalized spacial score (nSPS) is 13.8. The van der Waals surface area contributed by atoms with Crippen molar-refractivity contribution in [1.82, 2.24) is 15.6 Å². The van der Waals surface area contributed by atoms with Crippen molar-refractivity contribution in [3.63, 3.8) is 0 Å². The summed E-state index contributed by atoms with van der Waals surface area (Å²) >= 11 is 1.41. The summed E-state index contributed by atoms with van der Waals surface area (Å²) in [6.45, 7) is 17.3. The van der Waals surface area contributed by atoms with Crippen LogP contribution in [0.15, 0.2) is 29.6 Å². The van der Waals surface area contributed by atoms with Gasteiger partial charge in [-0.25, -0.2) is 4.98 Å². The third-order valence-electron chi connectivity index (χ3n) is 8.59. The number of aryl methyl sites for hydroxylation is 1. The van der Waals surface area contributed by atoms with Crippen molar-refractivity contribution in [3.8, 4) is 0 Å². The molecule has 0 aliphatic carbocycles. The van der Waals surface area contributed by atoms with E-state index in [-0.39, 0.29) is 35.9 Å². The van der Waals surface area contributed by atoms with Crippen LogP contribution < -0.4 is 22.1 Å². The van der Waals surface area contributed by atoms with Crippen LogP contribution in [0.5, 0.6) is 0 Å². The van der Waals surface area contributed by atoms with E-state index in [1.54, 1.807) is 5.38 Å². The van der Waals surface area contributed by atoms with Crippen molar-refractivity contribution in [3.05, 3.63) is 51.5 Å². The standard InChI is InChI=1S/C40H69N5O9S/c1-6-13-54-37(28-35(42)30(2)3)40-45-36(29-55-40)39(47)44-34(27-33-9-7-31(4)8-10-33)26-32(5)38(46)43-12-15-49-17-19-51-21-23-53-25-24-52-22-20-50-18-16-48-14-11-41/h7-10,29-30,32,34-35,37H,6,11-28,41-42H2,1-5H3,(H,43,46)(H,44,47). The van der Waals surface area contributed by atoms with Crippen LogP contribution in [0.4, 0.5) is 0 Å². The Hall–Kier alpha value is -2.57. The lowest BCUT2D eigenvalue weighted by Crippen LogP contribution is -2.41. The molecular weight excluding hydrogens is 727 g/mol. The molecule has 14 nitrogen and oxygen atoms in total. The molecule has 0 bridgehead atoms. The van der Waals surface area contributed by atoms with Crippen LogP contribution in [0.3, 0.4) is 0 Å². The number of carbonyl (C=O) groups excluding carboxylic acids is 2. The maximum Gasteiger partial charge on any atom is 0.270 e. The second kappa shape index (κ2) is 30.6. The summed E-state index contributed by atoms with van der Waals surface area (Å²) in [5, 5.41) is 8.64. The highest BCUT2D eigenvalue weighted by molar-refractivity contribution is 7.09. The van der Waals surface area contributed by atoms with E-state index < -0.39 is 0 Å². The van der Waals surface area contributed by atoms with E-state index in [1.807, 2.05) is 13.8 Å². The van der Waals surface area contributed by atoms with Crippen molar-refractivity contribution in [2.24, 2.45) is 23.3 Å². The van der Waals surface area contributed by atoms with Crippen molar-refractivity contribution < 1.29 is 42.7 Å².